The quantitative estimate of drug-likeness (QED) is 0.521. The lowest BCUT2D eigenvalue weighted by Crippen LogP contribution is -2.49. The highest BCUT2D eigenvalue weighted by Gasteiger charge is 2.33. The molecule has 2 aliphatic rings. The van der Waals surface area contributed by atoms with E-state index in [2.05, 4.69) is 34.8 Å². The number of nitrogens with zero attached hydrogens (tertiary/aromatic N) is 3. The second-order valence-corrected chi connectivity index (χ2v) is 15.5. The van der Waals surface area contributed by atoms with E-state index in [0.29, 0.717) is 25.0 Å². The van der Waals surface area contributed by atoms with Crippen molar-refractivity contribution in [3.63, 3.8) is 0 Å². The fourth-order valence-corrected chi connectivity index (χ4v) is 5.26. The molecule has 0 saturated heterocycles. The minimum Gasteiger partial charge on any atom is -0.361 e. The standard InChI is InChI=1S/C22H33FN4O2Si/c1-30(2,3)11-10-29-15-26-9-8-18-20-19(13-24-21(18)26)22(28)25-14-27(20)17-6-4-16(12-23)5-7-17/h8-9,13,16-17H,4-7,10-12,14-15H2,1-3H3,(H,25,28)/t16-,17-. The summed E-state index contributed by atoms with van der Waals surface area (Å²) >= 11 is 0. The number of anilines is 1. The molecule has 3 heterocycles. The first-order valence-electron chi connectivity index (χ1n) is 11.0. The molecular formula is C22H33FN4O2Si. The molecule has 0 bridgehead atoms. The average Bonchev–Trinajstić information content (AvgIpc) is 3.14. The van der Waals surface area contributed by atoms with E-state index in [4.69, 9.17) is 4.74 Å². The number of nitrogens with one attached hydrogen (secondary N) is 1. The molecule has 1 amide bonds. The molecule has 0 unspecified atom stereocenters. The van der Waals surface area contributed by atoms with Gasteiger partial charge in [-0.25, -0.2) is 4.98 Å². The van der Waals surface area contributed by atoms with Gasteiger partial charge in [0, 0.05) is 38.5 Å². The van der Waals surface area contributed by atoms with Gasteiger partial charge in [0.25, 0.3) is 5.91 Å². The number of halogens is 1. The van der Waals surface area contributed by atoms with Gasteiger partial charge in [-0.15, -0.1) is 0 Å². The number of carbonyl (C=O) groups is 1. The van der Waals surface area contributed by atoms with Crippen molar-refractivity contribution >= 4 is 30.7 Å². The molecule has 0 spiro atoms. The number of fused-ring (bicyclic) bond motifs is 3. The van der Waals surface area contributed by atoms with Gasteiger partial charge in [0.2, 0.25) is 0 Å². The molecule has 1 N–H and O–H groups in total. The number of aromatic nitrogens is 2. The maximum Gasteiger partial charge on any atom is 0.256 e. The minimum absolute atomic E-state index is 0.0766. The Balaban J connectivity index is 1.57. The molecule has 1 fully saturated rings. The topological polar surface area (TPSA) is 59.4 Å². The SMILES string of the molecule is C[Si](C)(C)CCOCn1ccc2c3c(cnc21)C(=O)NCN3[C@H]1CC[C@H](CF)CC1. The lowest BCUT2D eigenvalue weighted by atomic mass is 9.85. The summed E-state index contributed by atoms with van der Waals surface area (Å²) in [4.78, 5) is 19.4. The van der Waals surface area contributed by atoms with Crippen LogP contribution in [0.5, 0.6) is 0 Å². The number of ether oxygens (including phenoxy) is 1. The van der Waals surface area contributed by atoms with Gasteiger partial charge >= 0.3 is 0 Å². The van der Waals surface area contributed by atoms with Crippen molar-refractivity contribution in [2.45, 2.75) is 64.1 Å². The summed E-state index contributed by atoms with van der Waals surface area (Å²) in [5.41, 5.74) is 2.44. The van der Waals surface area contributed by atoms with Crippen LogP contribution in [0, 0.1) is 5.92 Å². The predicted molar refractivity (Wildman–Crippen MR) is 120 cm³/mol. The number of hydrogen-bond acceptors (Lipinski definition) is 4. The lowest BCUT2D eigenvalue weighted by molar-refractivity contribution is 0.0899. The molecule has 2 aromatic heterocycles. The van der Waals surface area contributed by atoms with E-state index in [-0.39, 0.29) is 18.5 Å². The predicted octanol–water partition coefficient (Wildman–Crippen LogP) is 4.38. The molecule has 0 aromatic carbocycles. The summed E-state index contributed by atoms with van der Waals surface area (Å²) in [6.45, 7) is 8.52. The van der Waals surface area contributed by atoms with Gasteiger partial charge < -0.3 is 19.5 Å². The largest absolute Gasteiger partial charge is 0.361 e. The van der Waals surface area contributed by atoms with Gasteiger partial charge in [0.05, 0.1) is 24.6 Å². The average molecular weight is 433 g/mol. The lowest BCUT2D eigenvalue weighted by Gasteiger charge is -2.41. The summed E-state index contributed by atoms with van der Waals surface area (Å²) in [5, 5.41) is 3.97. The molecule has 30 heavy (non-hydrogen) atoms. The van der Waals surface area contributed by atoms with Crippen LogP contribution < -0.4 is 10.2 Å². The summed E-state index contributed by atoms with van der Waals surface area (Å²) in [5.74, 6) is 0.110. The third kappa shape index (κ3) is 4.39. The van der Waals surface area contributed by atoms with Gasteiger partial charge in [-0.2, -0.15) is 0 Å². The van der Waals surface area contributed by atoms with Crippen LogP contribution in [0.1, 0.15) is 36.0 Å². The highest BCUT2D eigenvalue weighted by Crippen LogP contribution is 2.37. The Morgan fingerprint density at radius 3 is 2.73 bits per heavy atom. The zero-order valence-corrected chi connectivity index (χ0v) is 19.3. The molecule has 0 atom stereocenters. The minimum atomic E-state index is -1.12. The van der Waals surface area contributed by atoms with E-state index in [9.17, 15) is 9.18 Å². The summed E-state index contributed by atoms with van der Waals surface area (Å²) in [7, 11) is -1.12. The molecule has 4 rings (SSSR count). The van der Waals surface area contributed by atoms with Crippen LogP contribution in [0.15, 0.2) is 18.5 Å². The van der Waals surface area contributed by atoms with Gasteiger partial charge in [0.15, 0.2) is 0 Å². The van der Waals surface area contributed by atoms with Crippen LogP contribution in [0.4, 0.5) is 10.1 Å². The normalized spacial score (nSPS) is 22.3. The first-order chi connectivity index (χ1) is 14.4. The molecule has 8 heteroatoms. The van der Waals surface area contributed by atoms with E-state index in [0.717, 1.165) is 55.1 Å². The number of hydrogen-bond donors (Lipinski definition) is 1. The zero-order chi connectivity index (χ0) is 21.3. The van der Waals surface area contributed by atoms with Gasteiger partial charge in [-0.3, -0.25) is 9.18 Å². The summed E-state index contributed by atoms with van der Waals surface area (Å²) in [6.07, 6.45) is 7.40. The highest BCUT2D eigenvalue weighted by molar-refractivity contribution is 6.76. The van der Waals surface area contributed by atoms with Crippen LogP contribution in [-0.2, 0) is 11.5 Å². The van der Waals surface area contributed by atoms with Gasteiger partial charge in [-0.05, 0) is 43.7 Å². The van der Waals surface area contributed by atoms with Crippen molar-refractivity contribution in [2.75, 3.05) is 24.9 Å². The number of rotatable bonds is 7. The van der Waals surface area contributed by atoms with E-state index < -0.39 is 8.07 Å². The Labute approximate surface area is 178 Å². The Morgan fingerprint density at radius 1 is 1.27 bits per heavy atom. The summed E-state index contributed by atoms with van der Waals surface area (Å²) in [6, 6.07) is 3.49. The number of carbonyl (C=O) groups excluding carboxylic acids is 1. The van der Waals surface area contributed by atoms with Crippen LogP contribution in [-0.4, -0.2) is 49.5 Å². The first kappa shape index (κ1) is 21.3. The maximum atomic E-state index is 13.1. The van der Waals surface area contributed by atoms with Crippen molar-refractivity contribution in [2.24, 2.45) is 5.92 Å². The van der Waals surface area contributed by atoms with Gasteiger partial charge in [0.1, 0.15) is 12.4 Å². The van der Waals surface area contributed by atoms with Crippen LogP contribution in [0.25, 0.3) is 11.0 Å². The molecule has 164 valence electrons. The maximum absolute atomic E-state index is 13.1. The molecule has 1 aliphatic carbocycles. The molecule has 1 aliphatic heterocycles. The Kier molecular flexibility index (Phi) is 6.15. The molecule has 2 aromatic rings. The fraction of sp³-hybridized carbons (Fsp3) is 0.636. The summed E-state index contributed by atoms with van der Waals surface area (Å²) < 4.78 is 21.0. The van der Waals surface area contributed by atoms with E-state index >= 15 is 0 Å². The van der Waals surface area contributed by atoms with Crippen LogP contribution in [0.2, 0.25) is 25.7 Å². The molecular weight excluding hydrogens is 399 g/mol. The Morgan fingerprint density at radius 2 is 2.03 bits per heavy atom. The number of alkyl halides is 1. The highest BCUT2D eigenvalue weighted by atomic mass is 28.3. The Hall–Kier alpha value is -1.93. The molecule has 0 radical (unpaired) electrons. The number of pyridine rings is 1. The monoisotopic (exact) mass is 432 g/mol. The number of amides is 1. The third-order valence-corrected chi connectivity index (χ3v) is 8.11. The van der Waals surface area contributed by atoms with Crippen molar-refractivity contribution in [3.8, 4) is 0 Å². The Bertz CT molecular complexity index is 902. The first-order valence-corrected chi connectivity index (χ1v) is 14.7. The van der Waals surface area contributed by atoms with Crippen molar-refractivity contribution in [1.82, 2.24) is 14.9 Å². The fourth-order valence-electron chi connectivity index (χ4n) is 4.50. The molecule has 6 nitrogen and oxygen atoms in total. The third-order valence-electron chi connectivity index (χ3n) is 6.40. The van der Waals surface area contributed by atoms with Crippen LogP contribution in [0.3, 0.4) is 0 Å². The zero-order valence-electron chi connectivity index (χ0n) is 18.3. The van der Waals surface area contributed by atoms with Crippen molar-refractivity contribution in [3.05, 3.63) is 24.0 Å². The molecule has 1 saturated carbocycles. The van der Waals surface area contributed by atoms with E-state index in [1.165, 1.54) is 0 Å². The van der Waals surface area contributed by atoms with Gasteiger partial charge in [-0.1, -0.05) is 19.6 Å². The van der Waals surface area contributed by atoms with Crippen molar-refractivity contribution in [1.29, 1.82) is 0 Å². The second kappa shape index (κ2) is 8.67. The smallest absolute Gasteiger partial charge is 0.256 e. The van der Waals surface area contributed by atoms with Crippen molar-refractivity contribution < 1.29 is 13.9 Å². The second-order valence-electron chi connectivity index (χ2n) is 9.85. The van der Waals surface area contributed by atoms with E-state index in [1.807, 2.05) is 16.8 Å². The van der Waals surface area contributed by atoms with E-state index in [1.54, 1.807) is 6.20 Å². The van der Waals surface area contributed by atoms with Crippen LogP contribution >= 0.6 is 0 Å².